The molecular weight excluding hydrogens is 756 g/mol. The second-order valence-electron chi connectivity index (χ2n) is 10.5. The number of nitrogens with zero attached hydrogens (tertiary/aromatic N) is 2. The van der Waals surface area contributed by atoms with Crippen LogP contribution in [-0.4, -0.2) is 0 Å². The van der Waals surface area contributed by atoms with Gasteiger partial charge in [-0.25, -0.2) is 0 Å². The lowest BCUT2D eigenvalue weighted by Gasteiger charge is -2.35. The minimum Gasteiger partial charge on any atom is -0.355 e. The normalized spacial score (nSPS) is 12.7. The van der Waals surface area contributed by atoms with Crippen molar-refractivity contribution in [2.45, 2.75) is 0 Å². The Morgan fingerprint density at radius 2 is 0.791 bits per heavy atom. The van der Waals surface area contributed by atoms with Gasteiger partial charge in [-0.1, -0.05) is 36.4 Å². The third-order valence-electron chi connectivity index (χ3n) is 7.73. The summed E-state index contributed by atoms with van der Waals surface area (Å²) in [5.41, 5.74) is 13.1. The molecule has 0 unspecified atom stereocenters. The zero-order valence-electron chi connectivity index (χ0n) is 22.9. The number of rotatable bonds is 4. The van der Waals surface area contributed by atoms with Crippen LogP contribution in [0.25, 0.3) is 0 Å². The van der Waals surface area contributed by atoms with E-state index in [4.69, 9.17) is 0 Å². The topological polar surface area (TPSA) is 42.6 Å². The van der Waals surface area contributed by atoms with Crippen LogP contribution in [0.2, 0.25) is 0 Å². The highest BCUT2D eigenvalue weighted by Gasteiger charge is 2.26. The number of halogens is 2. The average Bonchev–Trinajstić information content (AvgIpc) is 3.03. The number of hydrogen-bond donors (Lipinski definition) is 3. The lowest BCUT2D eigenvalue weighted by atomic mass is 10.1. The number of hydrogen-bond acceptors (Lipinski definition) is 5. The molecule has 2 aliphatic rings. The predicted octanol–water partition coefficient (Wildman–Crippen LogP) is 11.7. The highest BCUT2D eigenvalue weighted by atomic mass is 127. The van der Waals surface area contributed by atoms with Gasteiger partial charge in [-0.15, -0.1) is 0 Å². The van der Waals surface area contributed by atoms with Gasteiger partial charge in [0.05, 0.1) is 45.5 Å². The number of benzene rings is 6. The van der Waals surface area contributed by atoms with E-state index in [1.807, 2.05) is 0 Å². The second-order valence-corrected chi connectivity index (χ2v) is 13.0. The fraction of sp³-hybridized carbons (Fsp3) is 0. The molecule has 0 bridgehead atoms. The van der Waals surface area contributed by atoms with Crippen LogP contribution in [0.4, 0.5) is 68.2 Å². The molecular formula is C36H25I2N5. The Labute approximate surface area is 277 Å². The number of nitrogens with one attached hydrogen (secondary N) is 3. The lowest BCUT2D eigenvalue weighted by molar-refractivity contribution is 1.24. The van der Waals surface area contributed by atoms with E-state index in [0.717, 1.165) is 68.2 Å². The molecule has 0 amide bonds. The molecule has 6 aromatic carbocycles. The Kier molecular flexibility index (Phi) is 6.64. The van der Waals surface area contributed by atoms with Gasteiger partial charge in [0.15, 0.2) is 0 Å². The van der Waals surface area contributed by atoms with Crippen LogP contribution in [0, 0.1) is 7.14 Å². The molecule has 0 atom stereocenters. The highest BCUT2D eigenvalue weighted by molar-refractivity contribution is 14.1. The monoisotopic (exact) mass is 781 g/mol. The van der Waals surface area contributed by atoms with Gasteiger partial charge in [-0.2, -0.15) is 0 Å². The van der Waals surface area contributed by atoms with Gasteiger partial charge in [-0.05, 0) is 142 Å². The van der Waals surface area contributed by atoms with Crippen LogP contribution in [0.5, 0.6) is 0 Å². The van der Waals surface area contributed by atoms with Crippen molar-refractivity contribution in [3.63, 3.8) is 0 Å². The summed E-state index contributed by atoms with van der Waals surface area (Å²) in [4.78, 5) is 4.67. The van der Waals surface area contributed by atoms with Crippen molar-refractivity contribution in [3.8, 4) is 0 Å². The maximum Gasteiger partial charge on any atom is 0.0718 e. The first kappa shape index (κ1) is 26.4. The molecule has 8 rings (SSSR count). The summed E-state index contributed by atoms with van der Waals surface area (Å²) in [7, 11) is 0. The molecule has 0 radical (unpaired) electrons. The first-order valence-electron chi connectivity index (χ1n) is 14.0. The van der Waals surface area contributed by atoms with E-state index in [1.54, 1.807) is 0 Å². The molecule has 0 saturated carbocycles. The van der Waals surface area contributed by atoms with Gasteiger partial charge in [0, 0.05) is 29.9 Å². The van der Waals surface area contributed by atoms with Crippen LogP contribution in [-0.2, 0) is 0 Å². The van der Waals surface area contributed by atoms with Gasteiger partial charge in [0.25, 0.3) is 0 Å². The molecule has 6 aromatic rings. The molecule has 3 N–H and O–H groups in total. The molecule has 5 nitrogen and oxygen atoms in total. The van der Waals surface area contributed by atoms with Gasteiger partial charge in [0.1, 0.15) is 0 Å². The minimum absolute atomic E-state index is 1.01. The van der Waals surface area contributed by atoms with E-state index in [9.17, 15) is 0 Å². The Bertz CT molecular complexity index is 1850. The van der Waals surface area contributed by atoms with Crippen LogP contribution in [0.1, 0.15) is 0 Å². The molecule has 43 heavy (non-hydrogen) atoms. The van der Waals surface area contributed by atoms with E-state index in [2.05, 4.69) is 204 Å². The maximum atomic E-state index is 3.71. The van der Waals surface area contributed by atoms with Crippen molar-refractivity contribution in [1.29, 1.82) is 0 Å². The summed E-state index contributed by atoms with van der Waals surface area (Å²) in [6.07, 6.45) is 0. The van der Waals surface area contributed by atoms with Crippen molar-refractivity contribution in [2.24, 2.45) is 0 Å². The van der Waals surface area contributed by atoms with E-state index < -0.39 is 0 Å². The summed E-state index contributed by atoms with van der Waals surface area (Å²) in [5, 5.41) is 11.0. The number of para-hydroxylation sites is 2. The summed E-state index contributed by atoms with van der Waals surface area (Å²) < 4.78 is 2.39. The molecule has 7 heteroatoms. The standard InChI is InChI=1S/C36H25I2N5/c37-23-11-15-29-33(19-23)42(27-7-3-1-4-8-27)35-21-25(13-17-31(35)40-29)39-26-14-18-32-36(22-26)43(28-9-5-2-6-10-28)34-20-24(38)12-16-30(34)41-32/h1-22,39-41H. The third kappa shape index (κ3) is 4.86. The highest BCUT2D eigenvalue weighted by Crippen LogP contribution is 2.51. The Balaban J connectivity index is 1.19. The van der Waals surface area contributed by atoms with Gasteiger partial charge in [0.2, 0.25) is 0 Å². The smallest absolute Gasteiger partial charge is 0.0718 e. The SMILES string of the molecule is Ic1ccc2c(c1)N(c1ccccc1)c1cc(Nc3ccc4c(c3)N(c3ccccc3)c3cc(I)ccc3N4)ccc1N2. The van der Waals surface area contributed by atoms with Crippen LogP contribution < -0.4 is 25.8 Å². The van der Waals surface area contributed by atoms with Crippen molar-refractivity contribution in [2.75, 3.05) is 25.8 Å². The van der Waals surface area contributed by atoms with Crippen molar-refractivity contribution >= 4 is 113 Å². The summed E-state index contributed by atoms with van der Waals surface area (Å²) in [6.45, 7) is 0. The number of anilines is 12. The Hall–Kier alpha value is -4.22. The molecule has 2 heterocycles. The lowest BCUT2D eigenvalue weighted by Crippen LogP contribution is -2.18. The summed E-state index contributed by atoms with van der Waals surface area (Å²) >= 11 is 4.77. The van der Waals surface area contributed by atoms with E-state index in [0.29, 0.717) is 0 Å². The van der Waals surface area contributed by atoms with Crippen molar-refractivity contribution in [1.82, 2.24) is 0 Å². The zero-order chi connectivity index (χ0) is 28.9. The average molecular weight is 781 g/mol. The van der Waals surface area contributed by atoms with Crippen LogP contribution in [0.3, 0.4) is 0 Å². The predicted molar refractivity (Wildman–Crippen MR) is 198 cm³/mol. The molecule has 208 valence electrons. The quantitative estimate of drug-likeness (QED) is 0.155. The Morgan fingerprint density at radius 3 is 1.21 bits per heavy atom. The van der Waals surface area contributed by atoms with Crippen molar-refractivity contribution < 1.29 is 0 Å². The van der Waals surface area contributed by atoms with Gasteiger partial charge < -0.3 is 25.8 Å². The zero-order valence-corrected chi connectivity index (χ0v) is 27.2. The van der Waals surface area contributed by atoms with E-state index in [-0.39, 0.29) is 0 Å². The van der Waals surface area contributed by atoms with Gasteiger partial charge >= 0.3 is 0 Å². The second kappa shape index (κ2) is 10.8. The molecule has 0 saturated heterocycles. The first-order valence-corrected chi connectivity index (χ1v) is 16.2. The molecule has 0 fully saturated rings. The fourth-order valence-corrected chi connectivity index (χ4v) is 6.77. The fourth-order valence-electron chi connectivity index (χ4n) is 5.82. The van der Waals surface area contributed by atoms with E-state index >= 15 is 0 Å². The van der Waals surface area contributed by atoms with Gasteiger partial charge in [-0.3, -0.25) is 0 Å². The summed E-state index contributed by atoms with van der Waals surface area (Å²) in [6, 6.07) is 47.2. The van der Waals surface area contributed by atoms with Crippen molar-refractivity contribution in [3.05, 3.63) is 141 Å². The molecule has 0 spiro atoms. The molecule has 0 aliphatic carbocycles. The number of fused-ring (bicyclic) bond motifs is 4. The first-order chi connectivity index (χ1) is 21.1. The van der Waals surface area contributed by atoms with Crippen LogP contribution >= 0.6 is 45.2 Å². The largest absolute Gasteiger partial charge is 0.355 e. The van der Waals surface area contributed by atoms with Crippen LogP contribution in [0.15, 0.2) is 133 Å². The van der Waals surface area contributed by atoms with E-state index in [1.165, 1.54) is 7.14 Å². The maximum absolute atomic E-state index is 3.71. The molecule has 2 aliphatic heterocycles. The molecule has 0 aromatic heterocycles. The Morgan fingerprint density at radius 1 is 0.419 bits per heavy atom. The summed E-state index contributed by atoms with van der Waals surface area (Å²) in [5.74, 6) is 0. The minimum atomic E-state index is 1.01. The third-order valence-corrected chi connectivity index (χ3v) is 9.08.